The van der Waals surface area contributed by atoms with Crippen molar-refractivity contribution >= 4 is 40.7 Å². The summed E-state index contributed by atoms with van der Waals surface area (Å²) in [6, 6.07) is 11.8. The molecule has 0 aliphatic carbocycles. The summed E-state index contributed by atoms with van der Waals surface area (Å²) in [5, 5.41) is 6.60. The minimum atomic E-state index is -0.242. The van der Waals surface area contributed by atoms with Gasteiger partial charge in [-0.1, -0.05) is 29.3 Å². The van der Waals surface area contributed by atoms with E-state index in [1.807, 2.05) is 13.0 Å². The second-order valence-corrected chi connectivity index (χ2v) is 5.89. The molecule has 0 heterocycles. The summed E-state index contributed by atoms with van der Waals surface area (Å²) < 4.78 is 0. The number of nitrogens with one attached hydrogen (secondary N) is 2. The number of halogens is 2. The Labute approximate surface area is 144 Å². The normalized spacial score (nSPS) is 10.2. The molecule has 0 atom stereocenters. The Kier molecular flexibility index (Phi) is 6.02. The van der Waals surface area contributed by atoms with E-state index in [1.54, 1.807) is 36.4 Å². The van der Waals surface area contributed by atoms with E-state index in [4.69, 9.17) is 23.2 Å². The van der Waals surface area contributed by atoms with Gasteiger partial charge in [0.15, 0.2) is 0 Å². The van der Waals surface area contributed by atoms with Crippen LogP contribution < -0.4 is 10.6 Å². The predicted molar refractivity (Wildman–Crippen MR) is 93.2 cm³/mol. The third-order valence-electron chi connectivity index (χ3n) is 3.22. The summed E-state index contributed by atoms with van der Waals surface area (Å²) in [7, 11) is 0. The van der Waals surface area contributed by atoms with Crippen molar-refractivity contribution in [1.82, 2.24) is 5.32 Å². The Hall–Kier alpha value is -2.04. The largest absolute Gasteiger partial charge is 0.352 e. The lowest BCUT2D eigenvalue weighted by molar-refractivity contribution is -0.116. The quantitative estimate of drug-likeness (QED) is 0.854. The number of aryl methyl sites for hydroxylation is 1. The molecule has 23 heavy (non-hydrogen) atoms. The second-order valence-electron chi connectivity index (χ2n) is 5.02. The van der Waals surface area contributed by atoms with Crippen LogP contribution in [-0.4, -0.2) is 18.4 Å². The molecule has 2 N–H and O–H groups in total. The van der Waals surface area contributed by atoms with Gasteiger partial charge in [0.1, 0.15) is 0 Å². The van der Waals surface area contributed by atoms with Gasteiger partial charge in [-0.2, -0.15) is 0 Å². The number of hydrogen-bond acceptors (Lipinski definition) is 2. The maximum atomic E-state index is 11.9. The van der Waals surface area contributed by atoms with Gasteiger partial charge in [0.2, 0.25) is 5.91 Å². The minimum absolute atomic E-state index is 0.172. The number of carbonyl (C=O) groups is 2. The lowest BCUT2D eigenvalue weighted by atomic mass is 10.2. The van der Waals surface area contributed by atoms with Crippen molar-refractivity contribution in [3.63, 3.8) is 0 Å². The van der Waals surface area contributed by atoms with Gasteiger partial charge in [-0.25, -0.2) is 0 Å². The Morgan fingerprint density at radius 2 is 1.65 bits per heavy atom. The van der Waals surface area contributed by atoms with Crippen LogP contribution in [0.25, 0.3) is 0 Å². The zero-order chi connectivity index (χ0) is 16.8. The van der Waals surface area contributed by atoms with Gasteiger partial charge in [0.05, 0.1) is 0 Å². The lowest BCUT2D eigenvalue weighted by Gasteiger charge is -2.09. The Morgan fingerprint density at radius 1 is 1.00 bits per heavy atom. The standard InChI is InChI=1S/C17H16Cl2N2O2/c1-11-2-5-14(19)10-15(11)21-16(22)8-9-20-17(23)12-3-6-13(18)7-4-12/h2-7,10H,8-9H2,1H3,(H,20,23)(H,21,22). The maximum absolute atomic E-state index is 11.9. The first kappa shape index (κ1) is 17.3. The molecule has 0 fully saturated rings. The van der Waals surface area contributed by atoms with Gasteiger partial charge in [-0.15, -0.1) is 0 Å². The molecule has 4 nitrogen and oxygen atoms in total. The molecule has 2 rings (SSSR count). The number of carbonyl (C=O) groups excluding carboxylic acids is 2. The molecule has 0 aliphatic heterocycles. The van der Waals surface area contributed by atoms with Crippen molar-refractivity contribution in [3.8, 4) is 0 Å². The highest BCUT2D eigenvalue weighted by Crippen LogP contribution is 2.20. The Bertz CT molecular complexity index is 715. The predicted octanol–water partition coefficient (Wildman–Crippen LogP) is 4.06. The zero-order valence-corrected chi connectivity index (χ0v) is 14.0. The summed E-state index contributed by atoms with van der Waals surface area (Å²) in [5.41, 5.74) is 2.10. The number of anilines is 1. The monoisotopic (exact) mass is 350 g/mol. The lowest BCUT2D eigenvalue weighted by Crippen LogP contribution is -2.27. The molecule has 6 heteroatoms. The van der Waals surface area contributed by atoms with Gasteiger partial charge in [-0.05, 0) is 48.9 Å². The van der Waals surface area contributed by atoms with Crippen molar-refractivity contribution in [1.29, 1.82) is 0 Å². The first-order valence-corrected chi connectivity index (χ1v) is 7.81. The van der Waals surface area contributed by atoms with E-state index in [0.717, 1.165) is 5.56 Å². The molecule has 0 spiro atoms. The van der Waals surface area contributed by atoms with Crippen molar-refractivity contribution < 1.29 is 9.59 Å². The van der Waals surface area contributed by atoms with Crippen LogP contribution in [-0.2, 0) is 4.79 Å². The van der Waals surface area contributed by atoms with Crippen LogP contribution in [0.15, 0.2) is 42.5 Å². The van der Waals surface area contributed by atoms with Gasteiger partial charge in [0, 0.05) is 34.3 Å². The first-order valence-electron chi connectivity index (χ1n) is 7.05. The molecule has 2 amide bonds. The molecular formula is C17H16Cl2N2O2. The molecule has 2 aromatic rings. The first-order chi connectivity index (χ1) is 11.0. The van der Waals surface area contributed by atoms with Crippen LogP contribution in [0.3, 0.4) is 0 Å². The average molecular weight is 351 g/mol. The molecular weight excluding hydrogens is 335 g/mol. The maximum Gasteiger partial charge on any atom is 0.251 e. The topological polar surface area (TPSA) is 58.2 Å². The van der Waals surface area contributed by atoms with Gasteiger partial charge in [0.25, 0.3) is 5.91 Å². The highest BCUT2D eigenvalue weighted by atomic mass is 35.5. The Balaban J connectivity index is 1.81. The number of hydrogen-bond donors (Lipinski definition) is 2. The summed E-state index contributed by atoms with van der Waals surface area (Å²) in [4.78, 5) is 23.8. The number of rotatable bonds is 5. The average Bonchev–Trinajstić information content (AvgIpc) is 2.51. The molecule has 0 aliphatic rings. The van der Waals surface area contributed by atoms with Crippen LogP contribution in [0.5, 0.6) is 0 Å². The summed E-state index contributed by atoms with van der Waals surface area (Å²) in [5.74, 6) is -0.430. The third-order valence-corrected chi connectivity index (χ3v) is 3.70. The molecule has 0 radical (unpaired) electrons. The molecule has 2 aromatic carbocycles. The van der Waals surface area contributed by atoms with Gasteiger partial charge >= 0.3 is 0 Å². The fourth-order valence-electron chi connectivity index (χ4n) is 1.93. The highest BCUT2D eigenvalue weighted by Gasteiger charge is 2.08. The van der Waals surface area contributed by atoms with Crippen LogP contribution in [0, 0.1) is 6.92 Å². The summed E-state index contributed by atoms with van der Waals surface area (Å²) in [6.07, 6.45) is 0.172. The van der Waals surface area contributed by atoms with Gasteiger partial charge < -0.3 is 10.6 Å². The number of amides is 2. The van der Waals surface area contributed by atoms with Crippen molar-refractivity contribution in [2.75, 3.05) is 11.9 Å². The fraction of sp³-hybridized carbons (Fsp3) is 0.176. The van der Waals surface area contributed by atoms with E-state index in [0.29, 0.717) is 21.3 Å². The van der Waals surface area contributed by atoms with Crippen LogP contribution in [0.4, 0.5) is 5.69 Å². The van der Waals surface area contributed by atoms with Crippen molar-refractivity contribution in [2.24, 2.45) is 0 Å². The molecule has 0 bridgehead atoms. The molecule has 0 saturated heterocycles. The van der Waals surface area contributed by atoms with Crippen molar-refractivity contribution in [3.05, 3.63) is 63.6 Å². The van der Waals surface area contributed by atoms with E-state index >= 15 is 0 Å². The van der Waals surface area contributed by atoms with E-state index in [-0.39, 0.29) is 24.8 Å². The fourth-order valence-corrected chi connectivity index (χ4v) is 2.23. The smallest absolute Gasteiger partial charge is 0.251 e. The SMILES string of the molecule is Cc1ccc(Cl)cc1NC(=O)CCNC(=O)c1ccc(Cl)cc1. The minimum Gasteiger partial charge on any atom is -0.352 e. The van der Waals surface area contributed by atoms with E-state index in [1.165, 1.54) is 0 Å². The zero-order valence-electron chi connectivity index (χ0n) is 12.5. The van der Waals surface area contributed by atoms with Crippen molar-refractivity contribution in [2.45, 2.75) is 13.3 Å². The van der Waals surface area contributed by atoms with E-state index < -0.39 is 0 Å². The third kappa shape index (κ3) is 5.27. The molecule has 0 saturated carbocycles. The van der Waals surface area contributed by atoms with E-state index in [9.17, 15) is 9.59 Å². The summed E-state index contributed by atoms with van der Waals surface area (Å²) in [6.45, 7) is 2.13. The molecule has 0 aromatic heterocycles. The van der Waals surface area contributed by atoms with Crippen LogP contribution in [0.1, 0.15) is 22.3 Å². The number of benzene rings is 2. The van der Waals surface area contributed by atoms with Crippen LogP contribution >= 0.6 is 23.2 Å². The molecule has 120 valence electrons. The highest BCUT2D eigenvalue weighted by molar-refractivity contribution is 6.31. The van der Waals surface area contributed by atoms with Crippen LogP contribution in [0.2, 0.25) is 10.0 Å². The molecule has 0 unspecified atom stereocenters. The summed E-state index contributed by atoms with van der Waals surface area (Å²) >= 11 is 11.7. The second kappa shape index (κ2) is 7.99. The Morgan fingerprint density at radius 3 is 2.35 bits per heavy atom. The van der Waals surface area contributed by atoms with Gasteiger partial charge in [-0.3, -0.25) is 9.59 Å². The van der Waals surface area contributed by atoms with E-state index in [2.05, 4.69) is 10.6 Å².